The smallest absolute Gasteiger partial charge is 0.267 e. The molecule has 1 heterocycles. The van der Waals surface area contributed by atoms with Crippen molar-refractivity contribution in [3.63, 3.8) is 0 Å². The first-order chi connectivity index (χ1) is 12.7. The van der Waals surface area contributed by atoms with Crippen LogP contribution in [0.25, 0.3) is 10.6 Å². The number of nitrogens with one attached hydrogen (secondary N) is 2. The number of carbonyl (C=O) groups is 2. The number of hydrogen-bond donors (Lipinski definition) is 2. The zero-order valence-corrected chi connectivity index (χ0v) is 15.2. The quantitative estimate of drug-likeness (QED) is 0.688. The maximum Gasteiger partial charge on any atom is 0.267 e. The first-order valence-electron chi connectivity index (χ1n) is 8.38. The van der Waals surface area contributed by atoms with Crippen molar-refractivity contribution in [1.82, 2.24) is 10.3 Å². The molecule has 0 aliphatic rings. The van der Waals surface area contributed by atoms with E-state index < -0.39 is 0 Å². The van der Waals surface area contributed by atoms with E-state index in [4.69, 9.17) is 0 Å². The molecule has 0 atom stereocenters. The first kappa shape index (κ1) is 17.8. The molecule has 0 fully saturated rings. The molecule has 0 spiro atoms. The van der Waals surface area contributed by atoms with Gasteiger partial charge in [0.1, 0.15) is 9.88 Å². The number of hydrogen-bond acceptors (Lipinski definition) is 4. The first-order valence-corrected chi connectivity index (χ1v) is 9.20. The molecule has 2 aromatic carbocycles. The Morgan fingerprint density at radius 2 is 1.85 bits per heavy atom. The second-order valence-electron chi connectivity index (χ2n) is 5.69. The van der Waals surface area contributed by atoms with Gasteiger partial charge in [0.25, 0.3) is 11.8 Å². The maximum absolute atomic E-state index is 12.5. The number of benzene rings is 2. The summed E-state index contributed by atoms with van der Waals surface area (Å²) in [6, 6.07) is 16.6. The number of thiazole rings is 1. The number of rotatable bonds is 6. The van der Waals surface area contributed by atoms with Gasteiger partial charge in [0, 0.05) is 23.4 Å². The third kappa shape index (κ3) is 4.34. The number of nitrogens with zero attached hydrogens (tertiary/aromatic N) is 1. The summed E-state index contributed by atoms with van der Waals surface area (Å²) >= 11 is 1.33. The monoisotopic (exact) mass is 365 g/mol. The molecule has 5 nitrogen and oxygen atoms in total. The van der Waals surface area contributed by atoms with E-state index in [1.54, 1.807) is 30.5 Å². The van der Waals surface area contributed by atoms with Crippen molar-refractivity contribution in [3.05, 3.63) is 71.2 Å². The molecule has 2 N–H and O–H groups in total. The number of aromatic nitrogens is 1. The summed E-state index contributed by atoms with van der Waals surface area (Å²) in [6.45, 7) is 2.62. The Morgan fingerprint density at radius 3 is 2.62 bits per heavy atom. The average molecular weight is 365 g/mol. The van der Waals surface area contributed by atoms with Crippen LogP contribution >= 0.6 is 11.3 Å². The number of carbonyl (C=O) groups excluding carboxylic acids is 2. The van der Waals surface area contributed by atoms with Crippen molar-refractivity contribution in [2.75, 3.05) is 11.9 Å². The fourth-order valence-electron chi connectivity index (χ4n) is 2.36. The molecule has 2 amide bonds. The summed E-state index contributed by atoms with van der Waals surface area (Å²) in [4.78, 5) is 29.4. The predicted molar refractivity (Wildman–Crippen MR) is 105 cm³/mol. The zero-order valence-electron chi connectivity index (χ0n) is 14.4. The predicted octanol–water partition coefficient (Wildman–Crippen LogP) is 4.20. The van der Waals surface area contributed by atoms with Gasteiger partial charge in [-0.2, -0.15) is 0 Å². The molecule has 0 bridgehead atoms. The lowest BCUT2D eigenvalue weighted by Crippen LogP contribution is -2.24. The van der Waals surface area contributed by atoms with E-state index >= 15 is 0 Å². The normalized spacial score (nSPS) is 10.3. The Labute approximate surface area is 156 Å². The van der Waals surface area contributed by atoms with Crippen LogP contribution in [0.2, 0.25) is 0 Å². The third-order valence-corrected chi connectivity index (χ3v) is 4.71. The summed E-state index contributed by atoms with van der Waals surface area (Å²) in [7, 11) is 0. The molecule has 0 aliphatic heterocycles. The summed E-state index contributed by atoms with van der Waals surface area (Å²) in [5.41, 5.74) is 2.07. The average Bonchev–Trinajstić information content (AvgIpc) is 3.17. The Hall–Kier alpha value is -2.99. The van der Waals surface area contributed by atoms with E-state index in [0.717, 1.165) is 17.0 Å². The van der Waals surface area contributed by atoms with Crippen molar-refractivity contribution in [3.8, 4) is 10.6 Å². The van der Waals surface area contributed by atoms with Gasteiger partial charge in [0.05, 0.1) is 6.20 Å². The van der Waals surface area contributed by atoms with Crippen LogP contribution in [0, 0.1) is 0 Å². The summed E-state index contributed by atoms with van der Waals surface area (Å²) in [6.07, 6.45) is 2.44. The van der Waals surface area contributed by atoms with Crippen molar-refractivity contribution in [2.24, 2.45) is 0 Å². The van der Waals surface area contributed by atoms with E-state index in [9.17, 15) is 9.59 Å². The van der Waals surface area contributed by atoms with E-state index in [0.29, 0.717) is 22.7 Å². The van der Waals surface area contributed by atoms with Crippen LogP contribution in [0.3, 0.4) is 0 Å². The van der Waals surface area contributed by atoms with Crippen molar-refractivity contribution in [1.29, 1.82) is 0 Å². The van der Waals surface area contributed by atoms with E-state index in [1.165, 1.54) is 11.3 Å². The van der Waals surface area contributed by atoms with Crippen LogP contribution in [-0.4, -0.2) is 23.3 Å². The topological polar surface area (TPSA) is 71.1 Å². The highest BCUT2D eigenvalue weighted by Crippen LogP contribution is 2.25. The molecule has 6 heteroatoms. The van der Waals surface area contributed by atoms with Gasteiger partial charge < -0.3 is 10.6 Å². The Morgan fingerprint density at radius 1 is 1.04 bits per heavy atom. The molecule has 0 radical (unpaired) electrons. The van der Waals surface area contributed by atoms with Gasteiger partial charge in [-0.3, -0.25) is 9.59 Å². The number of amides is 2. The van der Waals surface area contributed by atoms with Crippen LogP contribution in [0.5, 0.6) is 0 Å². The van der Waals surface area contributed by atoms with E-state index in [1.807, 2.05) is 37.3 Å². The highest BCUT2D eigenvalue weighted by molar-refractivity contribution is 7.17. The zero-order chi connectivity index (χ0) is 18.4. The highest BCUT2D eigenvalue weighted by atomic mass is 32.1. The Kier molecular flexibility index (Phi) is 5.76. The summed E-state index contributed by atoms with van der Waals surface area (Å²) in [5.74, 6) is -0.386. The van der Waals surface area contributed by atoms with Gasteiger partial charge in [0.2, 0.25) is 0 Å². The third-order valence-electron chi connectivity index (χ3n) is 3.67. The molecule has 0 saturated heterocycles. The molecular weight excluding hydrogens is 346 g/mol. The van der Waals surface area contributed by atoms with Crippen LogP contribution < -0.4 is 10.6 Å². The van der Waals surface area contributed by atoms with Gasteiger partial charge in [-0.1, -0.05) is 43.3 Å². The molecule has 26 heavy (non-hydrogen) atoms. The standard InChI is InChI=1S/C20H19N3O2S/c1-2-11-21-18(24)15-9-6-10-16(12-15)23-19(25)17-13-22-20(26-17)14-7-4-3-5-8-14/h3-10,12-13H,2,11H2,1H3,(H,21,24)(H,23,25). The van der Waals surface area contributed by atoms with Gasteiger partial charge >= 0.3 is 0 Å². The molecule has 3 rings (SSSR count). The molecule has 132 valence electrons. The summed E-state index contributed by atoms with van der Waals surface area (Å²) < 4.78 is 0. The lowest BCUT2D eigenvalue weighted by molar-refractivity contribution is 0.0952. The number of anilines is 1. The minimum absolute atomic E-state index is 0.146. The van der Waals surface area contributed by atoms with E-state index in [-0.39, 0.29) is 11.8 Å². The van der Waals surface area contributed by atoms with Gasteiger partial charge in [0.15, 0.2) is 0 Å². The summed E-state index contributed by atoms with van der Waals surface area (Å²) in [5, 5.41) is 6.44. The van der Waals surface area contributed by atoms with Crippen LogP contribution in [-0.2, 0) is 0 Å². The molecular formula is C20H19N3O2S. The van der Waals surface area contributed by atoms with Crippen molar-refractivity contribution < 1.29 is 9.59 Å². The second kappa shape index (κ2) is 8.40. The fraction of sp³-hybridized carbons (Fsp3) is 0.150. The van der Waals surface area contributed by atoms with Gasteiger partial charge in [-0.05, 0) is 24.6 Å². The SMILES string of the molecule is CCCNC(=O)c1cccc(NC(=O)c2cnc(-c3ccccc3)s2)c1. The maximum atomic E-state index is 12.5. The Balaban J connectivity index is 1.70. The molecule has 0 unspecified atom stereocenters. The van der Waals surface area contributed by atoms with Crippen LogP contribution in [0.15, 0.2) is 60.8 Å². The highest BCUT2D eigenvalue weighted by Gasteiger charge is 2.13. The Bertz CT molecular complexity index is 906. The minimum atomic E-state index is -0.240. The van der Waals surface area contributed by atoms with E-state index in [2.05, 4.69) is 15.6 Å². The van der Waals surface area contributed by atoms with Crippen molar-refractivity contribution >= 4 is 28.8 Å². The van der Waals surface area contributed by atoms with Crippen LogP contribution in [0.1, 0.15) is 33.4 Å². The lowest BCUT2D eigenvalue weighted by Gasteiger charge is -2.07. The molecule has 1 aromatic heterocycles. The molecule has 0 aliphatic carbocycles. The van der Waals surface area contributed by atoms with Crippen molar-refractivity contribution in [2.45, 2.75) is 13.3 Å². The second-order valence-corrected chi connectivity index (χ2v) is 6.72. The minimum Gasteiger partial charge on any atom is -0.352 e. The largest absolute Gasteiger partial charge is 0.352 e. The van der Waals surface area contributed by atoms with Crippen LogP contribution in [0.4, 0.5) is 5.69 Å². The molecule has 3 aromatic rings. The lowest BCUT2D eigenvalue weighted by atomic mass is 10.2. The fourth-order valence-corrected chi connectivity index (χ4v) is 3.18. The van der Waals surface area contributed by atoms with Gasteiger partial charge in [-0.25, -0.2) is 4.98 Å². The molecule has 0 saturated carbocycles. The van der Waals surface area contributed by atoms with Gasteiger partial charge in [-0.15, -0.1) is 11.3 Å².